The molecule has 86 valence electrons. The third-order valence-electron chi connectivity index (χ3n) is 2.12. The molecule has 0 heterocycles. The molecule has 0 bridgehead atoms. The molecule has 0 spiro atoms. The molecule has 2 rings (SSSR count). The van der Waals surface area contributed by atoms with Crippen LogP contribution in [-0.4, -0.2) is 4.92 Å². The number of halogens is 1. The Hall–Kier alpha value is -1.52. The van der Waals surface area contributed by atoms with Gasteiger partial charge in [-0.25, -0.2) is 0 Å². The van der Waals surface area contributed by atoms with Crippen LogP contribution >= 0.6 is 23.4 Å². The quantitative estimate of drug-likeness (QED) is 0.610. The van der Waals surface area contributed by atoms with Crippen LogP contribution < -0.4 is 0 Å². The fourth-order valence-corrected chi connectivity index (χ4v) is 2.53. The minimum Gasteiger partial charge on any atom is -0.258 e. The number of hydrogen-bond donors (Lipinski definition) is 0. The summed E-state index contributed by atoms with van der Waals surface area (Å²) in [6, 6.07) is 13.9. The van der Waals surface area contributed by atoms with Crippen molar-refractivity contribution in [3.05, 3.63) is 63.7 Å². The van der Waals surface area contributed by atoms with Crippen LogP contribution in [0.5, 0.6) is 0 Å². The molecule has 0 unspecified atom stereocenters. The summed E-state index contributed by atoms with van der Waals surface area (Å²) >= 11 is 7.31. The molecule has 0 radical (unpaired) electrons. The summed E-state index contributed by atoms with van der Waals surface area (Å²) in [5.41, 5.74) is 0.0948. The van der Waals surface area contributed by atoms with Crippen molar-refractivity contribution >= 4 is 29.1 Å². The number of rotatable bonds is 3. The fourth-order valence-electron chi connectivity index (χ4n) is 1.34. The highest BCUT2D eigenvalue weighted by Crippen LogP contribution is 2.37. The van der Waals surface area contributed by atoms with Crippen molar-refractivity contribution in [1.29, 1.82) is 0 Å². The van der Waals surface area contributed by atoms with E-state index in [1.54, 1.807) is 24.3 Å². The monoisotopic (exact) mass is 265 g/mol. The van der Waals surface area contributed by atoms with Gasteiger partial charge >= 0.3 is 0 Å². The van der Waals surface area contributed by atoms with E-state index in [1.165, 1.54) is 17.8 Å². The SMILES string of the molecule is O=[N+]([O-])c1ccccc1Sc1ccccc1Cl. The Balaban J connectivity index is 2.37. The molecule has 0 saturated heterocycles. The molecule has 0 atom stereocenters. The molecule has 0 aliphatic carbocycles. The molecule has 3 nitrogen and oxygen atoms in total. The zero-order chi connectivity index (χ0) is 12.3. The summed E-state index contributed by atoms with van der Waals surface area (Å²) in [6.07, 6.45) is 0. The molecule has 0 saturated carbocycles. The molecular weight excluding hydrogens is 258 g/mol. The van der Waals surface area contributed by atoms with E-state index >= 15 is 0 Å². The smallest absolute Gasteiger partial charge is 0.258 e. The molecule has 0 fully saturated rings. The minimum atomic E-state index is -0.390. The van der Waals surface area contributed by atoms with Crippen LogP contribution in [0.15, 0.2) is 58.3 Å². The zero-order valence-electron chi connectivity index (χ0n) is 8.67. The first-order chi connectivity index (χ1) is 8.18. The lowest BCUT2D eigenvalue weighted by Crippen LogP contribution is -1.89. The largest absolute Gasteiger partial charge is 0.283 e. The molecule has 2 aromatic rings. The molecule has 0 aliphatic heterocycles. The number of nitro benzene ring substituents is 1. The standard InChI is InChI=1S/C12H8ClNO2S/c13-9-5-1-3-7-11(9)17-12-8-4-2-6-10(12)14(15)16/h1-8H. The van der Waals surface area contributed by atoms with Gasteiger partial charge in [0.05, 0.1) is 14.8 Å². The maximum Gasteiger partial charge on any atom is 0.283 e. The van der Waals surface area contributed by atoms with E-state index in [-0.39, 0.29) is 10.6 Å². The molecule has 0 aliphatic rings. The average Bonchev–Trinajstić information content (AvgIpc) is 2.32. The Morgan fingerprint density at radius 3 is 2.24 bits per heavy atom. The first-order valence-electron chi connectivity index (χ1n) is 4.84. The van der Waals surface area contributed by atoms with Crippen molar-refractivity contribution in [2.24, 2.45) is 0 Å². The topological polar surface area (TPSA) is 43.1 Å². The van der Waals surface area contributed by atoms with E-state index in [0.717, 1.165) is 4.90 Å². The highest BCUT2D eigenvalue weighted by Gasteiger charge is 2.14. The van der Waals surface area contributed by atoms with Gasteiger partial charge in [0.2, 0.25) is 0 Å². The zero-order valence-corrected chi connectivity index (χ0v) is 10.2. The molecule has 0 amide bonds. The summed E-state index contributed by atoms with van der Waals surface area (Å²) in [5.74, 6) is 0. The van der Waals surface area contributed by atoms with Crippen LogP contribution in [0.25, 0.3) is 0 Å². The van der Waals surface area contributed by atoms with Gasteiger partial charge in [0.1, 0.15) is 0 Å². The highest BCUT2D eigenvalue weighted by molar-refractivity contribution is 7.99. The van der Waals surface area contributed by atoms with Crippen molar-refractivity contribution in [2.45, 2.75) is 9.79 Å². The second-order valence-corrected chi connectivity index (χ2v) is 4.75. The van der Waals surface area contributed by atoms with Crippen molar-refractivity contribution in [3.8, 4) is 0 Å². The summed E-state index contributed by atoms with van der Waals surface area (Å²) in [4.78, 5) is 11.9. The maximum atomic E-state index is 10.9. The summed E-state index contributed by atoms with van der Waals surface area (Å²) in [7, 11) is 0. The van der Waals surface area contributed by atoms with Crippen LogP contribution in [0.3, 0.4) is 0 Å². The van der Waals surface area contributed by atoms with Gasteiger partial charge in [0.15, 0.2) is 0 Å². The third kappa shape index (κ3) is 2.78. The van der Waals surface area contributed by atoms with Crippen molar-refractivity contribution in [2.75, 3.05) is 0 Å². The molecular formula is C12H8ClNO2S. The Bertz CT molecular complexity index is 560. The van der Waals surface area contributed by atoms with Crippen LogP contribution in [0.1, 0.15) is 0 Å². The summed E-state index contributed by atoms with van der Waals surface area (Å²) in [5, 5.41) is 11.4. The van der Waals surface area contributed by atoms with Crippen molar-refractivity contribution < 1.29 is 4.92 Å². The predicted molar refractivity (Wildman–Crippen MR) is 68.7 cm³/mol. The van der Waals surface area contributed by atoms with Gasteiger partial charge in [-0.3, -0.25) is 10.1 Å². The number of para-hydroxylation sites is 1. The van der Waals surface area contributed by atoms with E-state index in [2.05, 4.69) is 0 Å². The third-order valence-corrected chi connectivity index (χ3v) is 3.70. The summed E-state index contributed by atoms with van der Waals surface area (Å²) in [6.45, 7) is 0. The van der Waals surface area contributed by atoms with Gasteiger partial charge < -0.3 is 0 Å². The van der Waals surface area contributed by atoms with E-state index in [1.807, 2.05) is 18.2 Å². The second kappa shape index (κ2) is 5.21. The van der Waals surface area contributed by atoms with E-state index in [9.17, 15) is 10.1 Å². The Morgan fingerprint density at radius 1 is 1.00 bits per heavy atom. The first kappa shape index (κ1) is 12.0. The lowest BCUT2D eigenvalue weighted by Gasteiger charge is -2.04. The molecule has 2 aromatic carbocycles. The van der Waals surface area contributed by atoms with E-state index in [0.29, 0.717) is 9.92 Å². The number of benzene rings is 2. The number of nitrogens with zero attached hydrogens (tertiary/aromatic N) is 1. The summed E-state index contributed by atoms with van der Waals surface area (Å²) < 4.78 is 0. The van der Waals surface area contributed by atoms with Crippen LogP contribution in [0.4, 0.5) is 5.69 Å². The Kier molecular flexibility index (Phi) is 3.66. The van der Waals surface area contributed by atoms with Crippen LogP contribution in [-0.2, 0) is 0 Å². The Morgan fingerprint density at radius 2 is 1.59 bits per heavy atom. The van der Waals surface area contributed by atoms with Crippen LogP contribution in [0.2, 0.25) is 5.02 Å². The number of hydrogen-bond acceptors (Lipinski definition) is 3. The predicted octanol–water partition coefficient (Wildman–Crippen LogP) is 4.40. The van der Waals surface area contributed by atoms with Gasteiger partial charge in [-0.1, -0.05) is 47.6 Å². The van der Waals surface area contributed by atoms with Crippen molar-refractivity contribution in [3.63, 3.8) is 0 Å². The van der Waals surface area contributed by atoms with Gasteiger partial charge in [0.25, 0.3) is 5.69 Å². The minimum absolute atomic E-state index is 0.0948. The highest BCUT2D eigenvalue weighted by atomic mass is 35.5. The van der Waals surface area contributed by atoms with E-state index in [4.69, 9.17) is 11.6 Å². The normalized spacial score (nSPS) is 10.2. The first-order valence-corrected chi connectivity index (χ1v) is 6.04. The van der Waals surface area contributed by atoms with Gasteiger partial charge in [-0.05, 0) is 18.2 Å². The van der Waals surface area contributed by atoms with Gasteiger partial charge in [-0.2, -0.15) is 0 Å². The van der Waals surface area contributed by atoms with E-state index < -0.39 is 0 Å². The second-order valence-electron chi connectivity index (χ2n) is 3.26. The number of nitro groups is 1. The molecule has 0 N–H and O–H groups in total. The van der Waals surface area contributed by atoms with Crippen LogP contribution in [0, 0.1) is 10.1 Å². The van der Waals surface area contributed by atoms with Crippen molar-refractivity contribution in [1.82, 2.24) is 0 Å². The Labute approximate surface area is 108 Å². The fraction of sp³-hybridized carbons (Fsp3) is 0. The average molecular weight is 266 g/mol. The van der Waals surface area contributed by atoms with Gasteiger partial charge in [0, 0.05) is 11.0 Å². The lowest BCUT2D eigenvalue weighted by atomic mass is 10.3. The maximum absolute atomic E-state index is 10.9. The molecule has 5 heteroatoms. The molecule has 0 aromatic heterocycles. The van der Waals surface area contributed by atoms with Gasteiger partial charge in [-0.15, -0.1) is 0 Å². The lowest BCUT2D eigenvalue weighted by molar-refractivity contribution is -0.387. The molecule has 17 heavy (non-hydrogen) atoms.